The summed E-state index contributed by atoms with van der Waals surface area (Å²) in [5.41, 5.74) is 5.92. The molecule has 1 N–H and O–H groups in total. The van der Waals surface area contributed by atoms with Crippen LogP contribution in [0.5, 0.6) is 11.8 Å². The molecule has 7 heteroatoms. The van der Waals surface area contributed by atoms with Gasteiger partial charge in [-0.1, -0.05) is 30.3 Å². The minimum atomic E-state index is 0.318. The summed E-state index contributed by atoms with van der Waals surface area (Å²) in [6.45, 7) is 0. The van der Waals surface area contributed by atoms with E-state index in [1.54, 1.807) is 24.7 Å². The number of ether oxygens (including phenoxy) is 1. The zero-order chi connectivity index (χ0) is 18.3. The Balaban J connectivity index is 1.35. The Bertz CT molecular complexity index is 1020. The number of hydrazone groups is 1. The van der Waals surface area contributed by atoms with Crippen molar-refractivity contribution in [3.05, 3.63) is 84.0 Å². The van der Waals surface area contributed by atoms with Gasteiger partial charge in [0.1, 0.15) is 5.75 Å². The van der Waals surface area contributed by atoms with E-state index >= 15 is 0 Å². The second kappa shape index (κ2) is 8.20. The van der Waals surface area contributed by atoms with Crippen molar-refractivity contribution in [1.29, 1.82) is 0 Å². The van der Waals surface area contributed by atoms with Gasteiger partial charge in [-0.25, -0.2) is 15.0 Å². The van der Waals surface area contributed by atoms with Crippen molar-refractivity contribution in [2.24, 2.45) is 5.10 Å². The molecular weight excluding hydrogens is 358 g/mol. The van der Waals surface area contributed by atoms with Gasteiger partial charge in [0.15, 0.2) is 0 Å². The molecular formula is C20H15N5OS. The molecule has 6 nitrogen and oxygen atoms in total. The molecule has 0 amide bonds. The fraction of sp³-hybridized carbons (Fsp3) is 0. The number of aromatic nitrogens is 3. The van der Waals surface area contributed by atoms with Gasteiger partial charge >= 0.3 is 6.01 Å². The molecule has 0 unspecified atom stereocenters. The van der Waals surface area contributed by atoms with E-state index in [0.717, 1.165) is 22.0 Å². The van der Waals surface area contributed by atoms with E-state index in [-0.39, 0.29) is 0 Å². The van der Waals surface area contributed by atoms with Gasteiger partial charge in [-0.05, 0) is 35.9 Å². The van der Waals surface area contributed by atoms with E-state index < -0.39 is 0 Å². The minimum Gasteiger partial charge on any atom is -0.424 e. The highest BCUT2D eigenvalue weighted by Crippen LogP contribution is 2.24. The smallest absolute Gasteiger partial charge is 0.321 e. The summed E-state index contributed by atoms with van der Waals surface area (Å²) in [4.78, 5) is 12.6. The number of nitrogens with one attached hydrogen (secondary N) is 1. The van der Waals surface area contributed by atoms with Crippen molar-refractivity contribution < 1.29 is 4.74 Å². The maximum Gasteiger partial charge on any atom is 0.321 e. The normalized spacial score (nSPS) is 10.8. The van der Waals surface area contributed by atoms with Crippen molar-refractivity contribution >= 4 is 22.7 Å². The van der Waals surface area contributed by atoms with Crippen LogP contribution in [0.1, 0.15) is 5.56 Å². The summed E-state index contributed by atoms with van der Waals surface area (Å²) in [5.74, 6) is 0.665. The molecule has 0 radical (unpaired) electrons. The maximum absolute atomic E-state index is 5.56. The van der Waals surface area contributed by atoms with Gasteiger partial charge < -0.3 is 4.74 Å². The largest absolute Gasteiger partial charge is 0.424 e. The van der Waals surface area contributed by atoms with Gasteiger partial charge in [0, 0.05) is 23.3 Å². The highest BCUT2D eigenvalue weighted by Gasteiger charge is 2.03. The van der Waals surface area contributed by atoms with E-state index in [2.05, 4.69) is 25.5 Å². The predicted molar refractivity (Wildman–Crippen MR) is 107 cm³/mol. The lowest BCUT2D eigenvalue weighted by Crippen LogP contribution is -1.92. The Morgan fingerprint density at radius 3 is 2.48 bits per heavy atom. The van der Waals surface area contributed by atoms with Crippen molar-refractivity contribution in [2.75, 3.05) is 5.43 Å². The lowest BCUT2D eigenvalue weighted by Gasteiger charge is -2.02. The van der Waals surface area contributed by atoms with Crippen LogP contribution in [-0.4, -0.2) is 21.2 Å². The Labute approximate surface area is 160 Å². The van der Waals surface area contributed by atoms with Crippen LogP contribution in [0.2, 0.25) is 0 Å². The Morgan fingerprint density at radius 2 is 1.70 bits per heavy atom. The molecule has 0 spiro atoms. The molecule has 4 rings (SSSR count). The van der Waals surface area contributed by atoms with Gasteiger partial charge in [0.2, 0.25) is 5.13 Å². The molecule has 132 valence electrons. The maximum atomic E-state index is 5.56. The molecule has 0 bridgehead atoms. The Hall–Kier alpha value is -3.58. The monoisotopic (exact) mass is 373 g/mol. The molecule has 0 aliphatic carbocycles. The van der Waals surface area contributed by atoms with Crippen LogP contribution in [0, 0.1) is 0 Å². The van der Waals surface area contributed by atoms with Crippen LogP contribution in [0.25, 0.3) is 11.3 Å². The number of anilines is 1. The third-order valence-electron chi connectivity index (χ3n) is 3.58. The lowest BCUT2D eigenvalue weighted by molar-refractivity contribution is 0.442. The highest BCUT2D eigenvalue weighted by molar-refractivity contribution is 7.14. The first kappa shape index (κ1) is 16.9. The predicted octanol–water partition coefficient (Wildman–Crippen LogP) is 4.84. The van der Waals surface area contributed by atoms with Crippen molar-refractivity contribution in [3.63, 3.8) is 0 Å². The molecule has 0 atom stereocenters. The molecule has 4 aromatic rings. The average molecular weight is 373 g/mol. The van der Waals surface area contributed by atoms with Crippen LogP contribution in [0.15, 0.2) is 83.5 Å². The van der Waals surface area contributed by atoms with Crippen molar-refractivity contribution in [3.8, 4) is 23.0 Å². The minimum absolute atomic E-state index is 0.318. The zero-order valence-electron chi connectivity index (χ0n) is 14.2. The lowest BCUT2D eigenvalue weighted by atomic mass is 10.2. The number of nitrogens with zero attached hydrogens (tertiary/aromatic N) is 4. The van der Waals surface area contributed by atoms with E-state index in [1.165, 1.54) is 11.3 Å². The first-order valence-corrected chi connectivity index (χ1v) is 9.10. The topological polar surface area (TPSA) is 72.3 Å². The molecule has 27 heavy (non-hydrogen) atoms. The highest BCUT2D eigenvalue weighted by atomic mass is 32.1. The first-order valence-electron chi connectivity index (χ1n) is 8.22. The van der Waals surface area contributed by atoms with Crippen LogP contribution in [-0.2, 0) is 0 Å². The summed E-state index contributed by atoms with van der Waals surface area (Å²) in [5, 5.41) is 6.99. The quantitative estimate of drug-likeness (QED) is 0.387. The molecule has 2 heterocycles. The second-order valence-corrected chi connectivity index (χ2v) is 6.33. The van der Waals surface area contributed by atoms with Gasteiger partial charge in [-0.2, -0.15) is 5.10 Å². The SMILES string of the molecule is C(=NNc1nc(-c2ccccc2)cs1)c1ccc(Oc2ncccn2)cc1. The Morgan fingerprint density at radius 1 is 0.926 bits per heavy atom. The van der Waals surface area contributed by atoms with E-state index in [9.17, 15) is 0 Å². The van der Waals surface area contributed by atoms with E-state index in [4.69, 9.17) is 4.74 Å². The third-order valence-corrected chi connectivity index (χ3v) is 4.33. The van der Waals surface area contributed by atoms with Crippen LogP contribution in [0.4, 0.5) is 5.13 Å². The molecule has 0 saturated heterocycles. The molecule has 2 aromatic heterocycles. The van der Waals surface area contributed by atoms with E-state index in [0.29, 0.717) is 11.8 Å². The van der Waals surface area contributed by atoms with Gasteiger partial charge in [0.25, 0.3) is 0 Å². The summed E-state index contributed by atoms with van der Waals surface area (Å²) >= 11 is 1.51. The summed E-state index contributed by atoms with van der Waals surface area (Å²) in [6, 6.07) is 19.6. The fourth-order valence-corrected chi connectivity index (χ4v) is 2.96. The van der Waals surface area contributed by atoms with Crippen molar-refractivity contribution in [1.82, 2.24) is 15.0 Å². The number of rotatable bonds is 6. The summed E-state index contributed by atoms with van der Waals surface area (Å²) in [6.07, 6.45) is 5.00. The van der Waals surface area contributed by atoms with Crippen molar-refractivity contribution in [2.45, 2.75) is 0 Å². The van der Waals surface area contributed by atoms with Crippen LogP contribution in [0.3, 0.4) is 0 Å². The average Bonchev–Trinajstić information content (AvgIpc) is 3.20. The number of benzene rings is 2. The summed E-state index contributed by atoms with van der Waals surface area (Å²) in [7, 11) is 0. The second-order valence-electron chi connectivity index (χ2n) is 5.48. The standard InChI is InChI=1S/C20H15N5OS/c1-2-5-16(6-3-1)18-14-27-20(24-18)25-23-13-15-7-9-17(10-8-15)26-19-21-11-4-12-22-19/h1-14H,(H,24,25). The first-order chi connectivity index (χ1) is 13.4. The number of hydrogen-bond acceptors (Lipinski definition) is 7. The zero-order valence-corrected chi connectivity index (χ0v) is 15.0. The van der Waals surface area contributed by atoms with Gasteiger partial charge in [0.05, 0.1) is 11.9 Å². The third kappa shape index (κ3) is 4.53. The van der Waals surface area contributed by atoms with Crippen LogP contribution >= 0.6 is 11.3 Å². The van der Waals surface area contributed by atoms with Gasteiger partial charge in [-0.15, -0.1) is 11.3 Å². The van der Waals surface area contributed by atoms with E-state index in [1.807, 2.05) is 60.0 Å². The molecule has 0 saturated carbocycles. The fourth-order valence-electron chi connectivity index (χ4n) is 2.29. The molecule has 0 aliphatic rings. The van der Waals surface area contributed by atoms with Gasteiger partial charge in [-0.3, -0.25) is 5.43 Å². The summed E-state index contributed by atoms with van der Waals surface area (Å²) < 4.78 is 5.56. The number of hydrogen-bond donors (Lipinski definition) is 1. The molecule has 0 fully saturated rings. The Kier molecular flexibility index (Phi) is 5.12. The van der Waals surface area contributed by atoms with Crippen LogP contribution < -0.4 is 10.2 Å². The molecule has 2 aromatic carbocycles. The number of thiazole rings is 1. The molecule has 0 aliphatic heterocycles.